The molecule has 2 aliphatic rings. The summed E-state index contributed by atoms with van der Waals surface area (Å²) in [5, 5.41) is 0. The van der Waals surface area contributed by atoms with Crippen molar-refractivity contribution in [2.24, 2.45) is 5.41 Å². The SMILES string of the molecule is COCCN1CCCC2(CCN(CCCSC)C2)C1. The Morgan fingerprint density at radius 3 is 2.63 bits per heavy atom. The average Bonchev–Trinajstić information content (AvgIpc) is 2.80. The molecule has 0 aromatic rings. The number of rotatable bonds is 7. The van der Waals surface area contributed by atoms with Gasteiger partial charge in [0.25, 0.3) is 0 Å². The van der Waals surface area contributed by atoms with Crippen molar-refractivity contribution in [3.8, 4) is 0 Å². The van der Waals surface area contributed by atoms with E-state index < -0.39 is 0 Å². The van der Waals surface area contributed by atoms with Crippen LogP contribution >= 0.6 is 11.8 Å². The summed E-state index contributed by atoms with van der Waals surface area (Å²) in [5.41, 5.74) is 0.603. The fourth-order valence-electron chi connectivity index (χ4n) is 3.71. The predicted octanol–water partition coefficient (Wildman–Crippen LogP) is 2.17. The molecule has 0 radical (unpaired) electrons. The predicted molar refractivity (Wildman–Crippen MR) is 84.0 cm³/mol. The molecule has 1 spiro atoms. The van der Waals surface area contributed by atoms with Gasteiger partial charge in [-0.2, -0.15) is 11.8 Å². The molecule has 0 amide bonds. The van der Waals surface area contributed by atoms with E-state index in [-0.39, 0.29) is 0 Å². The Labute approximate surface area is 123 Å². The summed E-state index contributed by atoms with van der Waals surface area (Å²) >= 11 is 1.97. The lowest BCUT2D eigenvalue weighted by atomic mass is 9.79. The van der Waals surface area contributed by atoms with Crippen molar-refractivity contribution < 1.29 is 4.74 Å². The maximum atomic E-state index is 5.23. The first-order valence-corrected chi connectivity index (χ1v) is 9.10. The minimum Gasteiger partial charge on any atom is -0.383 e. The molecule has 0 aromatic carbocycles. The van der Waals surface area contributed by atoms with Crippen LogP contribution in [0.3, 0.4) is 0 Å². The first-order valence-electron chi connectivity index (χ1n) is 7.71. The van der Waals surface area contributed by atoms with E-state index in [1.54, 1.807) is 0 Å². The normalized spacial score (nSPS) is 29.4. The molecular weight excluding hydrogens is 256 g/mol. The Bertz CT molecular complexity index is 265. The maximum absolute atomic E-state index is 5.23. The van der Waals surface area contributed by atoms with Gasteiger partial charge in [-0.05, 0) is 62.7 Å². The Hall–Kier alpha value is 0.230. The third-order valence-electron chi connectivity index (χ3n) is 4.69. The van der Waals surface area contributed by atoms with E-state index in [0.717, 1.165) is 13.2 Å². The topological polar surface area (TPSA) is 15.7 Å². The van der Waals surface area contributed by atoms with Crippen LogP contribution in [0.1, 0.15) is 25.7 Å². The molecule has 2 rings (SSSR count). The molecule has 1 unspecified atom stereocenters. The summed E-state index contributed by atoms with van der Waals surface area (Å²) < 4.78 is 5.23. The summed E-state index contributed by atoms with van der Waals surface area (Å²) in [6, 6.07) is 0. The zero-order chi connectivity index (χ0) is 13.6. The minimum atomic E-state index is 0.603. The van der Waals surface area contributed by atoms with Crippen molar-refractivity contribution in [3.63, 3.8) is 0 Å². The van der Waals surface area contributed by atoms with Crippen LogP contribution in [-0.4, -0.2) is 74.8 Å². The molecule has 19 heavy (non-hydrogen) atoms. The van der Waals surface area contributed by atoms with Crippen LogP contribution in [0.2, 0.25) is 0 Å². The molecule has 0 saturated carbocycles. The minimum absolute atomic E-state index is 0.603. The highest BCUT2D eigenvalue weighted by atomic mass is 32.2. The third-order valence-corrected chi connectivity index (χ3v) is 5.39. The average molecular weight is 286 g/mol. The lowest BCUT2D eigenvalue weighted by Gasteiger charge is -2.40. The van der Waals surface area contributed by atoms with Crippen LogP contribution in [-0.2, 0) is 4.74 Å². The van der Waals surface area contributed by atoms with E-state index in [2.05, 4.69) is 16.1 Å². The highest BCUT2D eigenvalue weighted by molar-refractivity contribution is 7.98. The molecule has 0 aromatic heterocycles. The van der Waals surface area contributed by atoms with Crippen LogP contribution in [0.5, 0.6) is 0 Å². The number of piperidine rings is 1. The van der Waals surface area contributed by atoms with E-state index in [4.69, 9.17) is 4.74 Å². The van der Waals surface area contributed by atoms with E-state index >= 15 is 0 Å². The maximum Gasteiger partial charge on any atom is 0.0589 e. The van der Waals surface area contributed by atoms with Crippen molar-refractivity contribution in [3.05, 3.63) is 0 Å². The van der Waals surface area contributed by atoms with Gasteiger partial charge in [0, 0.05) is 26.7 Å². The fourth-order valence-corrected chi connectivity index (χ4v) is 4.12. The molecule has 0 N–H and O–H groups in total. The number of ether oxygens (including phenoxy) is 1. The summed E-state index contributed by atoms with van der Waals surface area (Å²) in [6.45, 7) is 8.54. The van der Waals surface area contributed by atoms with E-state index in [1.807, 2.05) is 18.9 Å². The van der Waals surface area contributed by atoms with E-state index in [0.29, 0.717) is 5.41 Å². The Morgan fingerprint density at radius 1 is 1.11 bits per heavy atom. The van der Waals surface area contributed by atoms with E-state index in [1.165, 1.54) is 64.2 Å². The highest BCUT2D eigenvalue weighted by Crippen LogP contribution is 2.38. The van der Waals surface area contributed by atoms with Crippen LogP contribution in [0.4, 0.5) is 0 Å². The first kappa shape index (κ1) is 15.6. The Morgan fingerprint density at radius 2 is 1.89 bits per heavy atom. The smallest absolute Gasteiger partial charge is 0.0589 e. The summed E-state index contributed by atoms with van der Waals surface area (Å²) in [5.74, 6) is 1.31. The van der Waals surface area contributed by atoms with Gasteiger partial charge in [0.05, 0.1) is 6.61 Å². The van der Waals surface area contributed by atoms with Crippen LogP contribution in [0.25, 0.3) is 0 Å². The molecule has 2 saturated heterocycles. The second-order valence-electron chi connectivity index (χ2n) is 6.25. The standard InChI is InChI=1S/C15H30N2OS/c1-18-11-10-17-7-3-5-15(14-17)6-9-16(13-15)8-4-12-19-2/h3-14H2,1-2H3. The first-order chi connectivity index (χ1) is 9.28. The lowest BCUT2D eigenvalue weighted by molar-refractivity contribution is 0.0679. The second kappa shape index (κ2) is 7.87. The lowest BCUT2D eigenvalue weighted by Crippen LogP contribution is -2.45. The van der Waals surface area contributed by atoms with Crippen LogP contribution < -0.4 is 0 Å². The van der Waals surface area contributed by atoms with Crippen molar-refractivity contribution in [1.29, 1.82) is 0 Å². The van der Waals surface area contributed by atoms with Gasteiger partial charge in [-0.15, -0.1) is 0 Å². The second-order valence-corrected chi connectivity index (χ2v) is 7.23. The molecular formula is C15H30N2OS. The zero-order valence-electron chi connectivity index (χ0n) is 12.7. The summed E-state index contributed by atoms with van der Waals surface area (Å²) in [7, 11) is 1.81. The highest BCUT2D eigenvalue weighted by Gasteiger charge is 2.40. The summed E-state index contributed by atoms with van der Waals surface area (Å²) in [4.78, 5) is 5.33. The van der Waals surface area contributed by atoms with Crippen LogP contribution in [0, 0.1) is 5.41 Å². The molecule has 2 heterocycles. The fraction of sp³-hybridized carbons (Fsp3) is 1.00. The number of hydrogen-bond donors (Lipinski definition) is 0. The number of thioether (sulfide) groups is 1. The van der Waals surface area contributed by atoms with Crippen molar-refractivity contribution >= 4 is 11.8 Å². The van der Waals surface area contributed by atoms with Gasteiger partial charge in [-0.3, -0.25) is 0 Å². The molecule has 3 nitrogen and oxygen atoms in total. The monoisotopic (exact) mass is 286 g/mol. The Kier molecular flexibility index (Phi) is 6.46. The largest absolute Gasteiger partial charge is 0.383 e. The molecule has 112 valence electrons. The number of nitrogens with zero attached hydrogens (tertiary/aromatic N) is 2. The number of hydrogen-bond acceptors (Lipinski definition) is 4. The molecule has 2 aliphatic heterocycles. The van der Waals surface area contributed by atoms with Gasteiger partial charge in [-0.1, -0.05) is 0 Å². The molecule has 2 fully saturated rings. The van der Waals surface area contributed by atoms with Gasteiger partial charge in [0.15, 0.2) is 0 Å². The zero-order valence-corrected chi connectivity index (χ0v) is 13.5. The quantitative estimate of drug-likeness (QED) is 0.666. The molecule has 0 aliphatic carbocycles. The van der Waals surface area contributed by atoms with Gasteiger partial charge < -0.3 is 14.5 Å². The van der Waals surface area contributed by atoms with Gasteiger partial charge in [-0.25, -0.2) is 0 Å². The van der Waals surface area contributed by atoms with Gasteiger partial charge in [0.2, 0.25) is 0 Å². The van der Waals surface area contributed by atoms with Crippen LogP contribution in [0.15, 0.2) is 0 Å². The third kappa shape index (κ3) is 4.62. The van der Waals surface area contributed by atoms with Crippen molar-refractivity contribution in [2.45, 2.75) is 25.7 Å². The molecule has 4 heteroatoms. The van der Waals surface area contributed by atoms with Gasteiger partial charge >= 0.3 is 0 Å². The molecule has 1 atom stereocenters. The van der Waals surface area contributed by atoms with Gasteiger partial charge in [0.1, 0.15) is 0 Å². The summed E-state index contributed by atoms with van der Waals surface area (Å²) in [6.07, 6.45) is 7.79. The van der Waals surface area contributed by atoms with E-state index in [9.17, 15) is 0 Å². The molecule has 0 bridgehead atoms. The van der Waals surface area contributed by atoms with Crippen molar-refractivity contribution in [1.82, 2.24) is 9.80 Å². The van der Waals surface area contributed by atoms with Crippen molar-refractivity contribution in [2.75, 3.05) is 65.0 Å². The Balaban J connectivity index is 1.76. The number of methoxy groups -OCH3 is 1. The number of likely N-dealkylation sites (tertiary alicyclic amines) is 2.